The van der Waals surface area contributed by atoms with E-state index in [4.69, 9.17) is 23.2 Å². The van der Waals surface area contributed by atoms with Gasteiger partial charge in [0.1, 0.15) is 5.78 Å². The van der Waals surface area contributed by atoms with Crippen molar-refractivity contribution in [2.45, 2.75) is 31.0 Å². The lowest BCUT2D eigenvalue weighted by Gasteiger charge is -2.09. The molecule has 1 unspecified atom stereocenters. The number of rotatable bonds is 5. The van der Waals surface area contributed by atoms with Crippen LogP contribution in [0.2, 0.25) is 10.0 Å². The first kappa shape index (κ1) is 14.0. The van der Waals surface area contributed by atoms with Crippen LogP contribution in [0, 0.1) is 0 Å². The zero-order chi connectivity index (χ0) is 12.1. The Morgan fingerprint density at radius 3 is 2.38 bits per heavy atom. The Hall–Kier alpha value is -0.0500. The summed E-state index contributed by atoms with van der Waals surface area (Å²) >= 11 is 15.2. The van der Waals surface area contributed by atoms with E-state index in [1.54, 1.807) is 6.07 Å². The van der Waals surface area contributed by atoms with Crippen molar-refractivity contribution in [3.8, 4) is 0 Å². The Morgan fingerprint density at radius 2 is 1.88 bits per heavy atom. The highest BCUT2D eigenvalue weighted by Gasteiger charge is 2.14. The molecule has 1 aromatic rings. The lowest BCUT2D eigenvalue weighted by molar-refractivity contribution is -0.118. The molecule has 0 amide bonds. The van der Waals surface area contributed by atoms with Gasteiger partial charge in [0, 0.05) is 16.5 Å². The molecule has 0 aliphatic heterocycles. The van der Waals surface area contributed by atoms with E-state index in [9.17, 15) is 4.79 Å². The van der Waals surface area contributed by atoms with Gasteiger partial charge in [0.05, 0.1) is 4.83 Å². The second kappa shape index (κ2) is 6.63. The maximum Gasteiger partial charge on any atom is 0.146 e. The molecule has 0 spiro atoms. The van der Waals surface area contributed by atoms with Crippen LogP contribution in [0.4, 0.5) is 0 Å². The van der Waals surface area contributed by atoms with Gasteiger partial charge >= 0.3 is 0 Å². The summed E-state index contributed by atoms with van der Waals surface area (Å²) in [6.45, 7) is 1.99. The van der Waals surface area contributed by atoms with Crippen LogP contribution in [0.3, 0.4) is 0 Å². The van der Waals surface area contributed by atoms with Gasteiger partial charge in [-0.15, -0.1) is 0 Å². The second-order valence-corrected chi connectivity index (χ2v) is 5.64. The summed E-state index contributed by atoms with van der Waals surface area (Å²) in [5.41, 5.74) is 0.976. The van der Waals surface area contributed by atoms with Crippen LogP contribution in [0.25, 0.3) is 0 Å². The number of ketones is 1. The predicted molar refractivity (Wildman–Crippen MR) is 72.8 cm³/mol. The monoisotopic (exact) mass is 322 g/mol. The van der Waals surface area contributed by atoms with E-state index in [2.05, 4.69) is 15.9 Å². The molecule has 88 valence electrons. The van der Waals surface area contributed by atoms with Gasteiger partial charge in [-0.2, -0.15) is 0 Å². The van der Waals surface area contributed by atoms with Gasteiger partial charge in [-0.3, -0.25) is 4.79 Å². The van der Waals surface area contributed by atoms with Crippen molar-refractivity contribution in [3.05, 3.63) is 33.8 Å². The van der Waals surface area contributed by atoms with Gasteiger partial charge in [0.2, 0.25) is 0 Å². The lowest BCUT2D eigenvalue weighted by atomic mass is 10.1. The summed E-state index contributed by atoms with van der Waals surface area (Å²) in [7, 11) is 0. The molecule has 1 atom stereocenters. The Bertz CT molecular complexity index is 359. The average Bonchev–Trinajstić information content (AvgIpc) is 2.16. The quantitative estimate of drug-likeness (QED) is 0.720. The third kappa shape index (κ3) is 4.44. The zero-order valence-corrected chi connectivity index (χ0v) is 12.1. The van der Waals surface area contributed by atoms with Crippen LogP contribution in [0.5, 0.6) is 0 Å². The molecule has 1 aromatic carbocycles. The van der Waals surface area contributed by atoms with Crippen LogP contribution in [0.15, 0.2) is 18.2 Å². The van der Waals surface area contributed by atoms with E-state index in [-0.39, 0.29) is 10.6 Å². The smallest absolute Gasteiger partial charge is 0.146 e. The summed E-state index contributed by atoms with van der Waals surface area (Å²) in [6.07, 6.45) is 2.10. The minimum absolute atomic E-state index is 0.151. The molecule has 0 N–H and O–H groups in total. The van der Waals surface area contributed by atoms with Gasteiger partial charge in [-0.25, -0.2) is 0 Å². The number of halogens is 3. The molecule has 0 aliphatic rings. The summed E-state index contributed by atoms with van der Waals surface area (Å²) in [6, 6.07) is 5.35. The zero-order valence-electron chi connectivity index (χ0n) is 8.97. The van der Waals surface area contributed by atoms with Crippen LogP contribution >= 0.6 is 39.1 Å². The topological polar surface area (TPSA) is 17.1 Å². The van der Waals surface area contributed by atoms with Crippen LogP contribution in [-0.2, 0) is 11.2 Å². The highest BCUT2D eigenvalue weighted by molar-refractivity contribution is 9.10. The van der Waals surface area contributed by atoms with Gasteiger partial charge in [0.15, 0.2) is 0 Å². The van der Waals surface area contributed by atoms with Crippen LogP contribution < -0.4 is 0 Å². The lowest BCUT2D eigenvalue weighted by Crippen LogP contribution is -2.16. The third-order valence-electron chi connectivity index (χ3n) is 2.18. The number of carbonyl (C=O) groups excluding carboxylic acids is 1. The Balaban J connectivity index is 2.69. The predicted octanol–water partition coefficient (Wildman–Crippen LogP) is 4.67. The molecule has 4 heteroatoms. The Morgan fingerprint density at radius 1 is 1.31 bits per heavy atom. The minimum atomic E-state index is -0.151. The number of benzene rings is 1. The maximum absolute atomic E-state index is 11.6. The molecule has 0 aliphatic carbocycles. The molecule has 1 nitrogen and oxygen atoms in total. The standard InChI is InChI=1S/C12H13BrCl2O/c1-2-3-12(16)11(13)6-8-4-9(14)7-10(15)5-8/h4-5,7,11H,2-3,6H2,1H3. The molecule has 16 heavy (non-hydrogen) atoms. The summed E-state index contributed by atoms with van der Waals surface area (Å²) in [4.78, 5) is 11.5. The van der Waals surface area contributed by atoms with E-state index in [1.807, 2.05) is 19.1 Å². The largest absolute Gasteiger partial charge is 0.298 e. The number of hydrogen-bond acceptors (Lipinski definition) is 1. The molecular weight excluding hydrogens is 311 g/mol. The van der Waals surface area contributed by atoms with E-state index in [0.29, 0.717) is 22.9 Å². The molecular formula is C12H13BrCl2O. The maximum atomic E-state index is 11.6. The number of alkyl halides is 1. The summed E-state index contributed by atoms with van der Waals surface area (Å²) < 4.78 is 0. The molecule has 0 saturated carbocycles. The molecule has 0 saturated heterocycles. The molecule has 0 fully saturated rings. The van der Waals surface area contributed by atoms with Crippen LogP contribution in [-0.4, -0.2) is 10.6 Å². The fourth-order valence-corrected chi connectivity index (χ4v) is 2.63. The molecule has 0 bridgehead atoms. The first-order valence-corrected chi connectivity index (χ1v) is 6.82. The van der Waals surface area contributed by atoms with Gasteiger partial charge in [0.25, 0.3) is 0 Å². The van der Waals surface area contributed by atoms with Crippen molar-refractivity contribution in [2.75, 3.05) is 0 Å². The number of carbonyl (C=O) groups is 1. The van der Waals surface area contributed by atoms with E-state index >= 15 is 0 Å². The molecule has 0 aromatic heterocycles. The summed E-state index contributed by atoms with van der Waals surface area (Å²) in [5, 5.41) is 1.20. The van der Waals surface area contributed by atoms with Crippen molar-refractivity contribution in [3.63, 3.8) is 0 Å². The number of Topliss-reactive ketones (excluding diaryl/α,β-unsaturated/α-hetero) is 1. The number of hydrogen-bond donors (Lipinski definition) is 0. The van der Waals surface area contributed by atoms with Crippen molar-refractivity contribution in [2.24, 2.45) is 0 Å². The van der Waals surface area contributed by atoms with Crippen molar-refractivity contribution in [1.82, 2.24) is 0 Å². The van der Waals surface area contributed by atoms with Crippen molar-refractivity contribution < 1.29 is 4.79 Å². The Labute approximate surface area is 114 Å². The van der Waals surface area contributed by atoms with Crippen molar-refractivity contribution in [1.29, 1.82) is 0 Å². The highest BCUT2D eigenvalue weighted by Crippen LogP contribution is 2.22. The molecule has 0 heterocycles. The van der Waals surface area contributed by atoms with E-state index < -0.39 is 0 Å². The first-order chi connectivity index (χ1) is 7.52. The van der Waals surface area contributed by atoms with Gasteiger partial charge in [-0.05, 0) is 36.6 Å². The average molecular weight is 324 g/mol. The second-order valence-electron chi connectivity index (χ2n) is 3.67. The molecule has 1 rings (SSSR count). The minimum Gasteiger partial charge on any atom is -0.298 e. The summed E-state index contributed by atoms with van der Waals surface area (Å²) in [5.74, 6) is 0.221. The fourth-order valence-electron chi connectivity index (χ4n) is 1.45. The van der Waals surface area contributed by atoms with Crippen molar-refractivity contribution >= 4 is 44.9 Å². The first-order valence-electron chi connectivity index (χ1n) is 5.14. The fraction of sp³-hybridized carbons (Fsp3) is 0.417. The SMILES string of the molecule is CCCC(=O)C(Br)Cc1cc(Cl)cc(Cl)c1. The van der Waals surface area contributed by atoms with Crippen LogP contribution in [0.1, 0.15) is 25.3 Å². The highest BCUT2D eigenvalue weighted by atomic mass is 79.9. The van der Waals surface area contributed by atoms with E-state index in [0.717, 1.165) is 12.0 Å². The Kier molecular flexibility index (Phi) is 5.81. The van der Waals surface area contributed by atoms with Gasteiger partial charge in [-0.1, -0.05) is 46.1 Å². The normalized spacial score (nSPS) is 12.5. The van der Waals surface area contributed by atoms with Gasteiger partial charge < -0.3 is 0 Å². The van der Waals surface area contributed by atoms with E-state index in [1.165, 1.54) is 0 Å². The molecule has 0 radical (unpaired) electrons. The third-order valence-corrected chi connectivity index (χ3v) is 3.45.